The van der Waals surface area contributed by atoms with E-state index in [1.54, 1.807) is 25.3 Å². The average Bonchev–Trinajstić information content (AvgIpc) is 3.27. The van der Waals surface area contributed by atoms with Gasteiger partial charge in [-0.1, -0.05) is 13.8 Å². The number of carbonyl (C=O) groups excluding carboxylic acids is 1. The van der Waals surface area contributed by atoms with Gasteiger partial charge in [-0.05, 0) is 44.2 Å². The summed E-state index contributed by atoms with van der Waals surface area (Å²) in [5.74, 6) is 2.72. The number of nitrogens with zero attached hydrogens (tertiary/aromatic N) is 4. The van der Waals surface area contributed by atoms with Gasteiger partial charge in [-0.3, -0.25) is 9.69 Å². The second-order valence-electron chi connectivity index (χ2n) is 9.43. The van der Waals surface area contributed by atoms with Gasteiger partial charge in [0.05, 0.1) is 19.4 Å². The van der Waals surface area contributed by atoms with Gasteiger partial charge in [0, 0.05) is 45.8 Å². The summed E-state index contributed by atoms with van der Waals surface area (Å²) in [5.41, 5.74) is -1.15. The van der Waals surface area contributed by atoms with E-state index in [-0.39, 0.29) is 12.5 Å². The molecule has 31 heavy (non-hydrogen) atoms. The Kier molecular flexibility index (Phi) is 8.00. The Labute approximate surface area is 186 Å². The number of furan rings is 1. The van der Waals surface area contributed by atoms with Crippen LogP contribution in [-0.4, -0.2) is 90.6 Å². The molecule has 0 spiro atoms. The fourth-order valence-corrected chi connectivity index (χ4v) is 4.59. The maximum atomic E-state index is 12.8. The second kappa shape index (κ2) is 10.5. The topological polar surface area (TPSA) is 84.5 Å². The van der Waals surface area contributed by atoms with Crippen LogP contribution in [-0.2, 0) is 10.4 Å². The number of guanidine groups is 1. The van der Waals surface area contributed by atoms with Crippen LogP contribution in [0.1, 0.15) is 39.9 Å². The molecule has 2 saturated heterocycles. The van der Waals surface area contributed by atoms with E-state index in [0.29, 0.717) is 24.1 Å². The Balaban J connectivity index is 1.52. The molecule has 0 aromatic carbocycles. The molecule has 0 saturated carbocycles. The van der Waals surface area contributed by atoms with Crippen LogP contribution in [0.3, 0.4) is 0 Å². The molecule has 2 aliphatic heterocycles. The van der Waals surface area contributed by atoms with Crippen molar-refractivity contribution in [1.82, 2.24) is 20.0 Å². The van der Waals surface area contributed by atoms with Crippen LogP contribution in [0.25, 0.3) is 0 Å². The molecule has 8 heteroatoms. The molecule has 3 atom stereocenters. The minimum atomic E-state index is -1.15. The molecule has 3 heterocycles. The molecular weight excluding hydrogens is 394 g/mol. The van der Waals surface area contributed by atoms with E-state index in [1.165, 1.54) is 6.42 Å². The van der Waals surface area contributed by atoms with Crippen molar-refractivity contribution in [3.8, 4) is 0 Å². The summed E-state index contributed by atoms with van der Waals surface area (Å²) in [6.45, 7) is 14.7. The van der Waals surface area contributed by atoms with Crippen molar-refractivity contribution >= 4 is 11.9 Å². The van der Waals surface area contributed by atoms with Gasteiger partial charge in [-0.2, -0.15) is 0 Å². The molecule has 8 nitrogen and oxygen atoms in total. The third-order valence-electron chi connectivity index (χ3n) is 6.18. The minimum Gasteiger partial charge on any atom is -0.466 e. The SMILES string of the molecule is CCNC(=NCC(C)(O)c1ccco1)N1CCN(CC(=O)N2CC(C)CC(C)C2)CC1. The first kappa shape index (κ1) is 23.6. The zero-order valence-electron chi connectivity index (χ0n) is 19.5. The molecule has 3 unspecified atom stereocenters. The van der Waals surface area contributed by atoms with Crippen LogP contribution in [0.2, 0.25) is 0 Å². The molecule has 3 rings (SSSR count). The molecule has 0 radical (unpaired) electrons. The predicted octanol–water partition coefficient (Wildman–Crippen LogP) is 1.57. The summed E-state index contributed by atoms with van der Waals surface area (Å²) in [6, 6.07) is 3.53. The van der Waals surface area contributed by atoms with E-state index in [1.807, 2.05) is 11.8 Å². The monoisotopic (exact) mass is 433 g/mol. The number of hydrogen-bond donors (Lipinski definition) is 2. The number of amides is 1. The van der Waals surface area contributed by atoms with Crippen molar-refractivity contribution in [2.75, 3.05) is 58.9 Å². The van der Waals surface area contributed by atoms with Crippen molar-refractivity contribution in [2.24, 2.45) is 16.8 Å². The van der Waals surface area contributed by atoms with Gasteiger partial charge in [0.25, 0.3) is 0 Å². The summed E-state index contributed by atoms with van der Waals surface area (Å²) >= 11 is 0. The number of rotatable bonds is 6. The molecule has 174 valence electrons. The highest BCUT2D eigenvalue weighted by molar-refractivity contribution is 5.80. The average molecular weight is 434 g/mol. The maximum Gasteiger partial charge on any atom is 0.236 e. The molecule has 2 N–H and O–H groups in total. The lowest BCUT2D eigenvalue weighted by Gasteiger charge is -2.39. The number of piperidine rings is 1. The minimum absolute atomic E-state index is 0.215. The van der Waals surface area contributed by atoms with Crippen molar-refractivity contribution in [3.05, 3.63) is 24.2 Å². The van der Waals surface area contributed by atoms with Crippen LogP contribution in [0.15, 0.2) is 27.8 Å². The van der Waals surface area contributed by atoms with Crippen LogP contribution in [0.5, 0.6) is 0 Å². The van der Waals surface area contributed by atoms with Gasteiger partial charge in [-0.25, -0.2) is 4.99 Å². The first-order chi connectivity index (χ1) is 14.8. The summed E-state index contributed by atoms with van der Waals surface area (Å²) in [7, 11) is 0. The Morgan fingerprint density at radius 1 is 1.23 bits per heavy atom. The zero-order valence-corrected chi connectivity index (χ0v) is 19.5. The first-order valence-electron chi connectivity index (χ1n) is 11.6. The van der Waals surface area contributed by atoms with Crippen LogP contribution in [0, 0.1) is 11.8 Å². The highest BCUT2D eigenvalue weighted by Gasteiger charge is 2.29. The van der Waals surface area contributed by atoms with Gasteiger partial charge >= 0.3 is 0 Å². The molecule has 0 bridgehead atoms. The third-order valence-corrected chi connectivity index (χ3v) is 6.18. The number of nitrogens with one attached hydrogen (secondary N) is 1. The highest BCUT2D eigenvalue weighted by Crippen LogP contribution is 2.22. The number of piperazine rings is 1. The zero-order chi connectivity index (χ0) is 22.4. The fraction of sp³-hybridized carbons (Fsp3) is 0.739. The number of aliphatic imine (C=N–C) groups is 1. The molecule has 2 aliphatic rings. The molecule has 1 aromatic rings. The Morgan fingerprint density at radius 2 is 1.90 bits per heavy atom. The lowest BCUT2D eigenvalue weighted by Crippen LogP contribution is -2.55. The number of aliphatic hydroxyl groups is 1. The summed E-state index contributed by atoms with van der Waals surface area (Å²) in [6.07, 6.45) is 2.77. The van der Waals surface area contributed by atoms with Crippen molar-refractivity contribution in [1.29, 1.82) is 0 Å². The number of carbonyl (C=O) groups is 1. The van der Waals surface area contributed by atoms with Crippen molar-refractivity contribution in [3.63, 3.8) is 0 Å². The Morgan fingerprint density at radius 3 is 2.48 bits per heavy atom. The van der Waals surface area contributed by atoms with Gasteiger partial charge < -0.3 is 24.6 Å². The normalized spacial score (nSPS) is 25.4. The van der Waals surface area contributed by atoms with Crippen molar-refractivity contribution < 1.29 is 14.3 Å². The Hall–Kier alpha value is -2.06. The first-order valence-corrected chi connectivity index (χ1v) is 11.6. The summed E-state index contributed by atoms with van der Waals surface area (Å²) < 4.78 is 5.35. The van der Waals surface area contributed by atoms with Crippen LogP contribution >= 0.6 is 0 Å². The smallest absolute Gasteiger partial charge is 0.236 e. The lowest BCUT2D eigenvalue weighted by molar-refractivity contribution is -0.135. The highest BCUT2D eigenvalue weighted by atomic mass is 16.4. The van der Waals surface area contributed by atoms with E-state index >= 15 is 0 Å². The fourth-order valence-electron chi connectivity index (χ4n) is 4.59. The van der Waals surface area contributed by atoms with Crippen LogP contribution < -0.4 is 5.32 Å². The maximum absolute atomic E-state index is 12.8. The third kappa shape index (κ3) is 6.46. The molecule has 0 aliphatic carbocycles. The quantitative estimate of drug-likeness (QED) is 0.523. The van der Waals surface area contributed by atoms with E-state index < -0.39 is 5.60 Å². The molecule has 1 amide bonds. The van der Waals surface area contributed by atoms with E-state index in [4.69, 9.17) is 4.42 Å². The van der Waals surface area contributed by atoms with E-state index in [0.717, 1.165) is 51.8 Å². The number of hydrogen-bond acceptors (Lipinski definition) is 5. The van der Waals surface area contributed by atoms with Crippen molar-refractivity contribution in [2.45, 2.75) is 39.7 Å². The standard InChI is InChI=1S/C23H39N5O3/c1-5-24-22(25-17-23(4,30)20-7-6-12-31-20)27-10-8-26(9-11-27)16-21(29)28-14-18(2)13-19(3)15-28/h6-7,12,18-19,30H,5,8-11,13-17H2,1-4H3,(H,24,25). The summed E-state index contributed by atoms with van der Waals surface area (Å²) in [5, 5.41) is 14.0. The lowest BCUT2D eigenvalue weighted by atomic mass is 9.92. The van der Waals surface area contributed by atoms with E-state index in [2.05, 4.69) is 34.0 Å². The number of likely N-dealkylation sites (tertiary alicyclic amines) is 1. The predicted molar refractivity (Wildman–Crippen MR) is 122 cm³/mol. The van der Waals surface area contributed by atoms with Gasteiger partial charge in [0.2, 0.25) is 5.91 Å². The summed E-state index contributed by atoms with van der Waals surface area (Å²) in [4.78, 5) is 24.0. The van der Waals surface area contributed by atoms with E-state index in [9.17, 15) is 9.90 Å². The molecule has 2 fully saturated rings. The molecular formula is C23H39N5O3. The van der Waals surface area contributed by atoms with Crippen LogP contribution in [0.4, 0.5) is 0 Å². The second-order valence-corrected chi connectivity index (χ2v) is 9.43. The van der Waals surface area contributed by atoms with Gasteiger partial charge in [0.15, 0.2) is 5.96 Å². The largest absolute Gasteiger partial charge is 0.466 e. The van der Waals surface area contributed by atoms with Gasteiger partial charge in [-0.15, -0.1) is 0 Å². The molecule has 1 aromatic heterocycles. The van der Waals surface area contributed by atoms with Gasteiger partial charge in [0.1, 0.15) is 11.4 Å². The Bertz CT molecular complexity index is 716.